The smallest absolute Gasteiger partial charge is 0.251 e. The lowest BCUT2D eigenvalue weighted by Crippen LogP contribution is -2.25. The maximum atomic E-state index is 12.4. The second-order valence-electron chi connectivity index (χ2n) is 7.02. The summed E-state index contributed by atoms with van der Waals surface area (Å²) in [6.45, 7) is 0.467. The second kappa shape index (κ2) is 8.58. The average molecular weight is 415 g/mol. The molecule has 0 unspecified atom stereocenters. The van der Waals surface area contributed by atoms with E-state index in [0.29, 0.717) is 35.6 Å². The van der Waals surface area contributed by atoms with Crippen molar-refractivity contribution in [2.45, 2.75) is 6.42 Å². The van der Waals surface area contributed by atoms with Crippen molar-refractivity contribution in [2.75, 3.05) is 6.54 Å². The Labute approximate surface area is 177 Å². The van der Waals surface area contributed by atoms with Crippen molar-refractivity contribution in [3.8, 4) is 11.5 Å². The molecular formula is C23H21N5O3. The molecule has 0 saturated carbocycles. The third-order valence-corrected chi connectivity index (χ3v) is 4.83. The molecule has 2 heterocycles. The highest BCUT2D eigenvalue weighted by atomic mass is 16.5. The van der Waals surface area contributed by atoms with E-state index in [-0.39, 0.29) is 17.3 Å². The molecule has 0 radical (unpaired) electrons. The minimum atomic E-state index is -0.248. The molecule has 0 bridgehead atoms. The van der Waals surface area contributed by atoms with Gasteiger partial charge in [-0.15, -0.1) is 0 Å². The maximum Gasteiger partial charge on any atom is 0.251 e. The fourth-order valence-corrected chi connectivity index (χ4v) is 3.27. The monoisotopic (exact) mass is 415 g/mol. The molecule has 0 saturated heterocycles. The quantitative estimate of drug-likeness (QED) is 0.234. The normalized spacial score (nSPS) is 10.7. The van der Waals surface area contributed by atoms with Crippen molar-refractivity contribution in [1.82, 2.24) is 15.3 Å². The Hall–Kier alpha value is -4.33. The summed E-state index contributed by atoms with van der Waals surface area (Å²) in [6, 6.07) is 15.6. The van der Waals surface area contributed by atoms with Gasteiger partial charge in [-0.1, -0.05) is 6.07 Å². The molecule has 0 aliphatic carbocycles. The Balaban J connectivity index is 1.34. The second-order valence-corrected chi connectivity index (χ2v) is 7.02. The van der Waals surface area contributed by atoms with Gasteiger partial charge >= 0.3 is 0 Å². The number of amides is 1. The van der Waals surface area contributed by atoms with Crippen molar-refractivity contribution in [3.05, 3.63) is 94.0 Å². The number of fused-ring (bicyclic) bond motifs is 1. The lowest BCUT2D eigenvalue weighted by Gasteiger charge is -2.08. The number of rotatable bonds is 7. The molecule has 156 valence electrons. The van der Waals surface area contributed by atoms with E-state index in [2.05, 4.69) is 15.3 Å². The molecule has 31 heavy (non-hydrogen) atoms. The summed E-state index contributed by atoms with van der Waals surface area (Å²) in [4.78, 5) is 29.4. The standard InChI is InChI=1S/C23H21N5O3/c24-22(25)19-13-28-20-6-1-14(11-18(19)20)7-9-27-23(30)15-2-4-16(5-3-15)31-17-8-10-26-21(29)12-17/h1-6,8,10-13,28H,7,9H2,(H3,24,25)(H,26,29)(H,27,30). The molecule has 4 aromatic rings. The van der Waals surface area contributed by atoms with Crippen molar-refractivity contribution in [2.24, 2.45) is 5.73 Å². The van der Waals surface area contributed by atoms with Crippen molar-refractivity contribution < 1.29 is 9.53 Å². The number of nitrogens with two attached hydrogens (primary N) is 1. The van der Waals surface area contributed by atoms with Crippen molar-refractivity contribution >= 4 is 22.6 Å². The molecule has 0 fully saturated rings. The molecule has 2 aromatic carbocycles. The van der Waals surface area contributed by atoms with Crippen LogP contribution in [0, 0.1) is 5.41 Å². The van der Waals surface area contributed by atoms with Gasteiger partial charge < -0.3 is 25.8 Å². The SMILES string of the molecule is N=C(N)c1c[nH]c2ccc(CCNC(=O)c3ccc(Oc4cc[nH]c(=O)c4)cc3)cc12. The Morgan fingerprint density at radius 1 is 1.03 bits per heavy atom. The molecule has 0 aliphatic heterocycles. The third-order valence-electron chi connectivity index (χ3n) is 4.83. The summed E-state index contributed by atoms with van der Waals surface area (Å²) >= 11 is 0. The lowest BCUT2D eigenvalue weighted by atomic mass is 10.1. The topological polar surface area (TPSA) is 137 Å². The molecule has 8 nitrogen and oxygen atoms in total. The van der Waals surface area contributed by atoms with E-state index in [9.17, 15) is 9.59 Å². The van der Waals surface area contributed by atoms with Crippen LogP contribution in [-0.2, 0) is 6.42 Å². The first-order chi connectivity index (χ1) is 15.0. The average Bonchev–Trinajstić information content (AvgIpc) is 3.18. The number of hydrogen-bond donors (Lipinski definition) is 5. The molecular weight excluding hydrogens is 394 g/mol. The number of aromatic amines is 2. The zero-order valence-electron chi connectivity index (χ0n) is 16.6. The summed E-state index contributed by atoms with van der Waals surface area (Å²) in [5, 5.41) is 11.5. The minimum Gasteiger partial charge on any atom is -0.457 e. The van der Waals surface area contributed by atoms with Crippen LogP contribution in [0.15, 0.2) is 71.8 Å². The van der Waals surface area contributed by atoms with Crippen LogP contribution in [-0.4, -0.2) is 28.3 Å². The summed E-state index contributed by atoms with van der Waals surface area (Å²) in [7, 11) is 0. The van der Waals surface area contributed by atoms with Crippen LogP contribution in [0.3, 0.4) is 0 Å². The number of carbonyl (C=O) groups is 1. The molecule has 4 rings (SSSR count). The van der Waals surface area contributed by atoms with Gasteiger partial charge in [0, 0.05) is 47.0 Å². The number of amidine groups is 1. The van der Waals surface area contributed by atoms with E-state index in [1.807, 2.05) is 18.2 Å². The van der Waals surface area contributed by atoms with E-state index < -0.39 is 0 Å². The number of nitrogen functional groups attached to an aromatic ring is 1. The van der Waals surface area contributed by atoms with Crippen molar-refractivity contribution in [1.29, 1.82) is 5.41 Å². The van der Waals surface area contributed by atoms with Gasteiger partial charge in [0.2, 0.25) is 0 Å². The predicted molar refractivity (Wildman–Crippen MR) is 119 cm³/mol. The summed E-state index contributed by atoms with van der Waals surface area (Å²) in [5.74, 6) is 0.787. The number of carbonyl (C=O) groups excluding carboxylic acids is 1. The molecule has 1 amide bonds. The van der Waals surface area contributed by atoms with E-state index in [1.54, 1.807) is 36.5 Å². The van der Waals surface area contributed by atoms with Crippen LogP contribution < -0.4 is 21.3 Å². The van der Waals surface area contributed by atoms with Crippen LogP contribution in [0.4, 0.5) is 0 Å². The fourth-order valence-electron chi connectivity index (χ4n) is 3.27. The minimum absolute atomic E-state index is 0.0168. The molecule has 0 atom stereocenters. The lowest BCUT2D eigenvalue weighted by molar-refractivity contribution is 0.0954. The summed E-state index contributed by atoms with van der Waals surface area (Å²) in [6.07, 6.45) is 3.88. The Kier molecular flexibility index (Phi) is 5.53. The summed E-state index contributed by atoms with van der Waals surface area (Å²) < 4.78 is 5.61. The van der Waals surface area contributed by atoms with Crippen LogP contribution in [0.25, 0.3) is 10.9 Å². The van der Waals surface area contributed by atoms with E-state index in [1.165, 1.54) is 12.3 Å². The molecule has 6 N–H and O–H groups in total. The van der Waals surface area contributed by atoms with Crippen LogP contribution >= 0.6 is 0 Å². The number of nitrogens with one attached hydrogen (secondary N) is 4. The fraction of sp³-hybridized carbons (Fsp3) is 0.0870. The van der Waals surface area contributed by atoms with Crippen LogP contribution in [0.5, 0.6) is 11.5 Å². The maximum absolute atomic E-state index is 12.4. The van der Waals surface area contributed by atoms with Gasteiger partial charge in [-0.3, -0.25) is 15.0 Å². The number of ether oxygens (including phenoxy) is 1. The molecule has 8 heteroatoms. The highest BCUT2D eigenvalue weighted by Gasteiger charge is 2.09. The van der Waals surface area contributed by atoms with Gasteiger partial charge in [0.25, 0.3) is 11.5 Å². The molecule has 0 spiro atoms. The van der Waals surface area contributed by atoms with Gasteiger partial charge in [0.1, 0.15) is 17.3 Å². The highest BCUT2D eigenvalue weighted by molar-refractivity contribution is 6.07. The van der Waals surface area contributed by atoms with E-state index >= 15 is 0 Å². The zero-order chi connectivity index (χ0) is 21.8. The number of benzene rings is 2. The first-order valence-corrected chi connectivity index (χ1v) is 9.69. The Morgan fingerprint density at radius 2 is 1.84 bits per heavy atom. The number of hydrogen-bond acceptors (Lipinski definition) is 4. The van der Waals surface area contributed by atoms with Gasteiger partial charge in [-0.2, -0.15) is 0 Å². The number of pyridine rings is 1. The molecule has 0 aliphatic rings. The first kappa shape index (κ1) is 20.0. The Bertz CT molecular complexity index is 1300. The first-order valence-electron chi connectivity index (χ1n) is 9.69. The van der Waals surface area contributed by atoms with Gasteiger partial charge in [0.15, 0.2) is 0 Å². The zero-order valence-corrected chi connectivity index (χ0v) is 16.6. The van der Waals surface area contributed by atoms with Gasteiger partial charge in [0.05, 0.1) is 0 Å². The Morgan fingerprint density at radius 3 is 2.58 bits per heavy atom. The largest absolute Gasteiger partial charge is 0.457 e. The van der Waals surface area contributed by atoms with Gasteiger partial charge in [-0.05, 0) is 54.4 Å². The summed E-state index contributed by atoms with van der Waals surface area (Å²) in [5.41, 5.74) is 8.51. The van der Waals surface area contributed by atoms with Crippen LogP contribution in [0.2, 0.25) is 0 Å². The highest BCUT2D eigenvalue weighted by Crippen LogP contribution is 2.21. The third kappa shape index (κ3) is 4.64. The van der Waals surface area contributed by atoms with E-state index in [4.69, 9.17) is 15.9 Å². The molecule has 2 aromatic heterocycles. The number of H-pyrrole nitrogens is 2. The van der Waals surface area contributed by atoms with E-state index in [0.717, 1.165) is 16.5 Å². The van der Waals surface area contributed by atoms with Crippen molar-refractivity contribution in [3.63, 3.8) is 0 Å². The predicted octanol–water partition coefficient (Wildman–Crippen LogP) is 2.91. The van der Waals surface area contributed by atoms with Crippen LogP contribution in [0.1, 0.15) is 21.5 Å². The van der Waals surface area contributed by atoms with Gasteiger partial charge in [-0.25, -0.2) is 0 Å². The number of aromatic nitrogens is 2.